The molecule has 0 radical (unpaired) electrons. The van der Waals surface area contributed by atoms with Gasteiger partial charge in [0.05, 0.1) is 25.6 Å². The van der Waals surface area contributed by atoms with Crippen molar-refractivity contribution in [3.63, 3.8) is 0 Å². The first kappa shape index (κ1) is 18.7. The number of anilines is 2. The Morgan fingerprint density at radius 3 is 3.08 bits per heavy atom. The summed E-state index contributed by atoms with van der Waals surface area (Å²) in [4.78, 5) is 23.0. The number of nitrogens with zero attached hydrogens (tertiary/aromatic N) is 4. The second-order valence-corrected chi connectivity index (χ2v) is 7.23. The Hall–Kier alpha value is -2.07. The lowest BCUT2D eigenvalue weighted by Crippen LogP contribution is -2.17. The van der Waals surface area contributed by atoms with Gasteiger partial charge in [-0.1, -0.05) is 6.92 Å². The molecule has 11 nitrogen and oxygen atoms in total. The van der Waals surface area contributed by atoms with E-state index in [-0.39, 0.29) is 37.3 Å². The van der Waals surface area contributed by atoms with E-state index in [0.717, 1.165) is 6.42 Å². The largest absolute Gasteiger partial charge is 0.371 e. The Morgan fingerprint density at radius 2 is 2.35 bits per heavy atom. The molecule has 0 bridgehead atoms. The third-order valence-electron chi connectivity index (χ3n) is 4.13. The van der Waals surface area contributed by atoms with Crippen LogP contribution in [-0.2, 0) is 18.6 Å². The number of hydrogen-bond donors (Lipinski definition) is 3. The minimum absolute atomic E-state index is 0.00169. The van der Waals surface area contributed by atoms with Gasteiger partial charge in [0, 0.05) is 13.0 Å². The summed E-state index contributed by atoms with van der Waals surface area (Å²) in [6, 6.07) is 0. The first-order valence-corrected chi connectivity index (χ1v) is 9.52. The van der Waals surface area contributed by atoms with Crippen molar-refractivity contribution < 1.29 is 18.6 Å². The fourth-order valence-corrected chi connectivity index (χ4v) is 3.69. The molecular formula is C14H22N7O4P. The van der Waals surface area contributed by atoms with E-state index >= 15 is 0 Å². The van der Waals surface area contributed by atoms with Gasteiger partial charge in [-0.05, 0) is 6.42 Å². The molecule has 4 N–H and O–H groups in total. The molecule has 1 unspecified atom stereocenters. The first-order valence-electron chi connectivity index (χ1n) is 8.21. The summed E-state index contributed by atoms with van der Waals surface area (Å²) in [6.07, 6.45) is 2.50. The molecule has 1 aliphatic heterocycles. The van der Waals surface area contributed by atoms with Crippen molar-refractivity contribution >= 4 is 37.4 Å². The summed E-state index contributed by atoms with van der Waals surface area (Å²) >= 11 is 0. The van der Waals surface area contributed by atoms with Crippen LogP contribution >= 0.6 is 8.18 Å². The van der Waals surface area contributed by atoms with Gasteiger partial charge in [0.2, 0.25) is 5.95 Å². The molecule has 142 valence electrons. The monoisotopic (exact) mass is 383 g/mol. The van der Waals surface area contributed by atoms with Gasteiger partial charge in [0.1, 0.15) is 12.5 Å². The van der Waals surface area contributed by atoms with Crippen LogP contribution in [-0.4, -0.2) is 52.1 Å². The van der Waals surface area contributed by atoms with E-state index < -0.39 is 8.18 Å². The Morgan fingerprint density at radius 1 is 1.54 bits per heavy atom. The average molecular weight is 383 g/mol. The van der Waals surface area contributed by atoms with Gasteiger partial charge in [-0.2, -0.15) is 9.97 Å². The van der Waals surface area contributed by atoms with Crippen LogP contribution in [0, 0.1) is 5.92 Å². The van der Waals surface area contributed by atoms with Crippen LogP contribution < -0.4 is 16.1 Å². The number of aldehydes is 1. The quantitative estimate of drug-likeness (QED) is 0.436. The van der Waals surface area contributed by atoms with Crippen molar-refractivity contribution in [2.75, 3.05) is 31.2 Å². The third-order valence-corrected chi connectivity index (χ3v) is 5.05. The van der Waals surface area contributed by atoms with E-state index in [2.05, 4.69) is 25.4 Å². The summed E-state index contributed by atoms with van der Waals surface area (Å²) < 4.78 is 24.8. The predicted molar refractivity (Wildman–Crippen MR) is 96.0 cm³/mol. The van der Waals surface area contributed by atoms with Crippen LogP contribution in [0.2, 0.25) is 0 Å². The summed E-state index contributed by atoms with van der Waals surface area (Å²) in [7, 11) is -0.712. The summed E-state index contributed by atoms with van der Waals surface area (Å²) in [5.41, 5.74) is 6.98. The number of ether oxygens (including phenoxy) is 1. The van der Waals surface area contributed by atoms with E-state index in [1.54, 1.807) is 13.4 Å². The highest BCUT2D eigenvalue weighted by atomic mass is 31.1. The third kappa shape index (κ3) is 3.85. The highest BCUT2D eigenvalue weighted by Gasteiger charge is 2.35. The topological polar surface area (TPSA) is 146 Å². The molecule has 0 saturated carbocycles. The van der Waals surface area contributed by atoms with Gasteiger partial charge < -0.3 is 25.1 Å². The van der Waals surface area contributed by atoms with E-state index in [0.29, 0.717) is 23.3 Å². The minimum Gasteiger partial charge on any atom is -0.371 e. The van der Waals surface area contributed by atoms with Crippen molar-refractivity contribution in [2.45, 2.75) is 25.7 Å². The number of hydrogen-bond acceptors (Lipinski definition) is 9. The molecule has 26 heavy (non-hydrogen) atoms. The fourth-order valence-electron chi connectivity index (χ4n) is 3.00. The summed E-state index contributed by atoms with van der Waals surface area (Å²) in [6.45, 7) is 2.22. The van der Waals surface area contributed by atoms with Gasteiger partial charge in [-0.3, -0.25) is 9.13 Å². The van der Waals surface area contributed by atoms with Crippen LogP contribution in [0.25, 0.3) is 11.2 Å². The lowest BCUT2D eigenvalue weighted by atomic mass is 10.1. The molecule has 1 saturated heterocycles. The molecule has 0 amide bonds. The first-order chi connectivity index (χ1) is 12.5. The number of carbonyl (C=O) groups is 1. The Bertz CT molecular complexity index is 814. The zero-order valence-electron chi connectivity index (χ0n) is 14.5. The zero-order chi connectivity index (χ0) is 18.7. The smallest absolute Gasteiger partial charge is 0.258 e. The Balaban J connectivity index is 1.72. The number of nitrogens with two attached hydrogens (primary N) is 1. The maximum Gasteiger partial charge on any atom is 0.258 e. The van der Waals surface area contributed by atoms with Crippen LogP contribution in [0.5, 0.6) is 0 Å². The number of rotatable bonds is 8. The molecule has 2 aromatic rings. The zero-order valence-corrected chi connectivity index (χ0v) is 15.5. The minimum atomic E-state index is -2.45. The Kier molecular flexibility index (Phi) is 5.82. The molecule has 0 spiro atoms. The van der Waals surface area contributed by atoms with Gasteiger partial charge in [-0.25, -0.2) is 10.1 Å². The Labute approximate surface area is 150 Å². The molecule has 4 atom stereocenters. The standard InChI is InChI=1S/C14H22N7O4P/c1-8-5-9(6-24-26(23)18-3-4-22)25-13(8)21-7-17-10-11(16-2)19-14(15)20-12(10)21/h4,7-9,13,26H,3,5-6H2,1-2H3,(H,18,23)(H3,15,16,19,20)/t8-,9-,13+/m0/s1. The number of carbonyl (C=O) groups excluding carboxylic acids is 1. The van der Waals surface area contributed by atoms with Crippen molar-refractivity contribution in [1.29, 1.82) is 0 Å². The van der Waals surface area contributed by atoms with Crippen molar-refractivity contribution in [3.05, 3.63) is 6.33 Å². The molecule has 1 fully saturated rings. The predicted octanol–water partition coefficient (Wildman–Crippen LogP) is 0.569. The number of nitrogen functional groups attached to an aromatic ring is 1. The molecular weight excluding hydrogens is 361 g/mol. The van der Waals surface area contributed by atoms with E-state index in [1.807, 2.05) is 11.5 Å². The molecule has 1 aliphatic rings. The summed E-state index contributed by atoms with van der Waals surface area (Å²) in [5, 5.41) is 5.45. The van der Waals surface area contributed by atoms with E-state index in [4.69, 9.17) is 15.0 Å². The SMILES string of the molecule is CNc1nc(N)nc2c1ncn2[C@@H]1O[C@H](CO[PH](=O)NCC=O)C[C@@H]1C. The van der Waals surface area contributed by atoms with Gasteiger partial charge >= 0.3 is 0 Å². The average Bonchev–Trinajstić information content (AvgIpc) is 3.20. The van der Waals surface area contributed by atoms with Crippen LogP contribution in [0.15, 0.2) is 6.33 Å². The maximum absolute atomic E-state index is 11.6. The fraction of sp³-hybridized carbons (Fsp3) is 0.571. The van der Waals surface area contributed by atoms with Gasteiger partial charge in [-0.15, -0.1) is 0 Å². The van der Waals surface area contributed by atoms with E-state index in [1.165, 1.54) is 0 Å². The molecule has 0 aromatic carbocycles. The van der Waals surface area contributed by atoms with Crippen molar-refractivity contribution in [3.8, 4) is 0 Å². The molecule has 0 aliphatic carbocycles. The number of aromatic nitrogens is 4. The second kappa shape index (κ2) is 8.09. The molecule has 3 rings (SSSR count). The maximum atomic E-state index is 11.6. The van der Waals surface area contributed by atoms with Crippen molar-refractivity contribution in [1.82, 2.24) is 24.6 Å². The van der Waals surface area contributed by atoms with Gasteiger partial charge in [0.25, 0.3) is 8.18 Å². The lowest BCUT2D eigenvalue weighted by Gasteiger charge is -2.18. The van der Waals surface area contributed by atoms with Crippen LogP contribution in [0.4, 0.5) is 11.8 Å². The highest BCUT2D eigenvalue weighted by molar-refractivity contribution is 7.36. The highest BCUT2D eigenvalue weighted by Crippen LogP contribution is 2.37. The second-order valence-electron chi connectivity index (χ2n) is 6.01. The lowest BCUT2D eigenvalue weighted by molar-refractivity contribution is -0.106. The normalized spacial score (nSPS) is 24.0. The van der Waals surface area contributed by atoms with Crippen LogP contribution in [0.1, 0.15) is 19.6 Å². The van der Waals surface area contributed by atoms with E-state index in [9.17, 15) is 9.36 Å². The number of imidazole rings is 1. The number of fused-ring (bicyclic) bond motifs is 1. The molecule has 2 aromatic heterocycles. The molecule has 3 heterocycles. The van der Waals surface area contributed by atoms with Crippen molar-refractivity contribution in [2.24, 2.45) is 5.92 Å². The van der Waals surface area contributed by atoms with Crippen LogP contribution in [0.3, 0.4) is 0 Å². The summed E-state index contributed by atoms with van der Waals surface area (Å²) in [5.74, 6) is 0.867. The number of nitrogens with one attached hydrogen (secondary N) is 2. The van der Waals surface area contributed by atoms with Gasteiger partial charge in [0.15, 0.2) is 17.0 Å². The molecule has 12 heteroatoms.